The average Bonchev–Trinajstić information content (AvgIpc) is 3.34. The Hall–Kier alpha value is -2.93. The second-order valence-electron chi connectivity index (χ2n) is 7.39. The molecule has 0 aromatic carbocycles. The summed E-state index contributed by atoms with van der Waals surface area (Å²) in [5.41, 5.74) is 6.23. The molecule has 7 nitrogen and oxygen atoms in total. The van der Waals surface area contributed by atoms with Gasteiger partial charge >= 0.3 is 0 Å². The van der Waals surface area contributed by atoms with Crippen molar-refractivity contribution in [1.29, 1.82) is 0 Å². The maximum Gasteiger partial charge on any atom is 0.179 e. The highest BCUT2D eigenvalue weighted by Crippen LogP contribution is 2.30. The molecule has 0 amide bonds. The SMILES string of the molecule is CC(C)c1cc(N2CCNC(c3cnc4ccccn34)C2)c2[nH]cnc2n1. The molecule has 0 aliphatic carbocycles. The highest BCUT2D eigenvalue weighted by Gasteiger charge is 2.25. The van der Waals surface area contributed by atoms with Crippen molar-refractivity contribution in [2.24, 2.45) is 0 Å². The molecule has 1 aliphatic heterocycles. The van der Waals surface area contributed by atoms with E-state index in [1.165, 1.54) is 11.4 Å². The summed E-state index contributed by atoms with van der Waals surface area (Å²) < 4.78 is 2.17. The fourth-order valence-corrected chi connectivity index (χ4v) is 3.85. The highest BCUT2D eigenvalue weighted by molar-refractivity contribution is 5.86. The van der Waals surface area contributed by atoms with E-state index >= 15 is 0 Å². The zero-order valence-corrected chi connectivity index (χ0v) is 15.6. The van der Waals surface area contributed by atoms with Crippen LogP contribution in [0.15, 0.2) is 43.0 Å². The third-order valence-electron chi connectivity index (χ3n) is 5.31. The van der Waals surface area contributed by atoms with Gasteiger partial charge in [-0.05, 0) is 24.1 Å². The molecule has 0 radical (unpaired) electrons. The van der Waals surface area contributed by atoms with Gasteiger partial charge in [0.25, 0.3) is 0 Å². The first-order chi connectivity index (χ1) is 13.2. The molecule has 138 valence electrons. The molecule has 1 fully saturated rings. The van der Waals surface area contributed by atoms with E-state index in [1.807, 2.05) is 24.4 Å². The average molecular weight is 361 g/mol. The van der Waals surface area contributed by atoms with Crippen LogP contribution in [0.2, 0.25) is 0 Å². The van der Waals surface area contributed by atoms with E-state index in [9.17, 15) is 0 Å². The standard InChI is InChI=1S/C20H23N7/c1-13(2)14-9-16(19-20(25-14)24-12-23-19)26-8-6-21-15(11-26)17-10-22-18-5-3-4-7-27(17)18/h3-5,7,9-10,12-13,15,21H,6,8,11H2,1-2H3,(H,23,24,25). The van der Waals surface area contributed by atoms with Gasteiger partial charge in [0.15, 0.2) is 5.65 Å². The number of pyridine rings is 2. The summed E-state index contributed by atoms with van der Waals surface area (Å²) in [4.78, 5) is 19.4. The summed E-state index contributed by atoms with van der Waals surface area (Å²) >= 11 is 0. The summed E-state index contributed by atoms with van der Waals surface area (Å²) in [5, 5.41) is 3.65. The van der Waals surface area contributed by atoms with Crippen LogP contribution in [0.4, 0.5) is 5.69 Å². The van der Waals surface area contributed by atoms with Gasteiger partial charge in [-0.25, -0.2) is 15.0 Å². The van der Waals surface area contributed by atoms with Gasteiger partial charge in [0.05, 0.1) is 29.9 Å². The number of anilines is 1. The quantitative estimate of drug-likeness (QED) is 0.587. The van der Waals surface area contributed by atoms with Crippen molar-refractivity contribution in [3.8, 4) is 0 Å². The van der Waals surface area contributed by atoms with Crippen LogP contribution in [-0.2, 0) is 0 Å². The lowest BCUT2D eigenvalue weighted by molar-refractivity contribution is 0.462. The number of hydrogen-bond donors (Lipinski definition) is 2. The van der Waals surface area contributed by atoms with Crippen LogP contribution < -0.4 is 10.2 Å². The Morgan fingerprint density at radius 2 is 2.15 bits per heavy atom. The number of fused-ring (bicyclic) bond motifs is 2. The molecule has 1 aliphatic rings. The van der Waals surface area contributed by atoms with E-state index in [-0.39, 0.29) is 6.04 Å². The highest BCUT2D eigenvalue weighted by atomic mass is 15.2. The van der Waals surface area contributed by atoms with Crippen LogP contribution >= 0.6 is 0 Å². The van der Waals surface area contributed by atoms with Gasteiger partial charge in [-0.3, -0.25) is 0 Å². The lowest BCUT2D eigenvalue weighted by Gasteiger charge is -2.35. The molecule has 4 aromatic rings. The predicted molar refractivity (Wildman–Crippen MR) is 106 cm³/mol. The minimum Gasteiger partial charge on any atom is -0.366 e. The van der Waals surface area contributed by atoms with Crippen molar-refractivity contribution >= 4 is 22.5 Å². The molecule has 5 heterocycles. The lowest BCUT2D eigenvalue weighted by Crippen LogP contribution is -2.46. The number of rotatable bonds is 3. The number of aromatic nitrogens is 5. The first-order valence-electron chi connectivity index (χ1n) is 9.45. The minimum absolute atomic E-state index is 0.213. The molecule has 5 rings (SSSR count). The molecule has 1 saturated heterocycles. The summed E-state index contributed by atoms with van der Waals surface area (Å²) in [6.07, 6.45) is 5.79. The van der Waals surface area contributed by atoms with E-state index in [0.717, 1.165) is 42.1 Å². The Morgan fingerprint density at radius 3 is 3.04 bits per heavy atom. The number of nitrogens with one attached hydrogen (secondary N) is 2. The molecule has 0 spiro atoms. The molecular formula is C20H23N7. The minimum atomic E-state index is 0.213. The summed E-state index contributed by atoms with van der Waals surface area (Å²) in [7, 11) is 0. The second kappa shape index (κ2) is 6.35. The molecule has 27 heavy (non-hydrogen) atoms. The van der Waals surface area contributed by atoms with Crippen molar-refractivity contribution in [2.75, 3.05) is 24.5 Å². The van der Waals surface area contributed by atoms with Gasteiger partial charge in [0, 0.05) is 31.5 Å². The van der Waals surface area contributed by atoms with E-state index in [1.54, 1.807) is 6.33 Å². The molecule has 1 atom stereocenters. The summed E-state index contributed by atoms with van der Waals surface area (Å²) in [6.45, 7) is 7.08. The fraction of sp³-hybridized carbons (Fsp3) is 0.350. The number of hydrogen-bond acceptors (Lipinski definition) is 5. The molecule has 1 unspecified atom stereocenters. The molecule has 0 bridgehead atoms. The topological polar surface area (TPSA) is 74.1 Å². The number of H-pyrrole nitrogens is 1. The fourth-order valence-electron chi connectivity index (χ4n) is 3.85. The van der Waals surface area contributed by atoms with Crippen LogP contribution in [0.25, 0.3) is 16.8 Å². The zero-order valence-electron chi connectivity index (χ0n) is 15.6. The second-order valence-corrected chi connectivity index (χ2v) is 7.39. The van der Waals surface area contributed by atoms with Crippen LogP contribution in [0.5, 0.6) is 0 Å². The number of piperazine rings is 1. The third-order valence-corrected chi connectivity index (χ3v) is 5.31. The number of imidazole rings is 2. The number of aromatic amines is 1. The first-order valence-corrected chi connectivity index (χ1v) is 9.45. The van der Waals surface area contributed by atoms with Crippen molar-refractivity contribution < 1.29 is 0 Å². The maximum atomic E-state index is 4.70. The molecular weight excluding hydrogens is 338 g/mol. The zero-order chi connectivity index (χ0) is 18.4. The van der Waals surface area contributed by atoms with Crippen molar-refractivity contribution in [2.45, 2.75) is 25.8 Å². The molecule has 0 saturated carbocycles. The van der Waals surface area contributed by atoms with Gasteiger partial charge in [-0.15, -0.1) is 0 Å². The van der Waals surface area contributed by atoms with E-state index in [4.69, 9.17) is 4.98 Å². The summed E-state index contributed by atoms with van der Waals surface area (Å²) in [6, 6.07) is 8.53. The Kier molecular flexibility index (Phi) is 3.82. The van der Waals surface area contributed by atoms with Gasteiger partial charge in [-0.1, -0.05) is 19.9 Å². The Morgan fingerprint density at radius 1 is 1.22 bits per heavy atom. The lowest BCUT2D eigenvalue weighted by atomic mass is 10.1. The monoisotopic (exact) mass is 361 g/mol. The van der Waals surface area contributed by atoms with Crippen LogP contribution in [0.3, 0.4) is 0 Å². The normalized spacial score (nSPS) is 18.0. The van der Waals surface area contributed by atoms with Crippen molar-refractivity contribution in [1.82, 2.24) is 29.7 Å². The van der Waals surface area contributed by atoms with E-state index in [2.05, 4.69) is 55.7 Å². The first kappa shape index (κ1) is 16.3. The van der Waals surface area contributed by atoms with Gasteiger partial charge in [-0.2, -0.15) is 0 Å². The molecule has 7 heteroatoms. The van der Waals surface area contributed by atoms with Crippen molar-refractivity contribution in [3.63, 3.8) is 0 Å². The van der Waals surface area contributed by atoms with Gasteiger partial charge in [0.2, 0.25) is 0 Å². The largest absolute Gasteiger partial charge is 0.366 e. The predicted octanol–water partition coefficient (Wildman–Crippen LogP) is 2.88. The molecule has 4 aromatic heterocycles. The van der Waals surface area contributed by atoms with Crippen molar-refractivity contribution in [3.05, 3.63) is 54.4 Å². The Labute approximate surface area is 157 Å². The van der Waals surface area contributed by atoms with Crippen LogP contribution in [-0.4, -0.2) is 44.0 Å². The smallest absolute Gasteiger partial charge is 0.179 e. The Balaban J connectivity index is 1.53. The van der Waals surface area contributed by atoms with E-state index < -0.39 is 0 Å². The van der Waals surface area contributed by atoms with Crippen LogP contribution in [0, 0.1) is 0 Å². The third kappa shape index (κ3) is 2.75. The van der Waals surface area contributed by atoms with E-state index in [0.29, 0.717) is 5.92 Å². The van der Waals surface area contributed by atoms with Gasteiger partial charge < -0.3 is 19.6 Å². The summed E-state index contributed by atoms with van der Waals surface area (Å²) in [5.74, 6) is 0.363. The Bertz CT molecular complexity index is 1090. The maximum absolute atomic E-state index is 4.70. The van der Waals surface area contributed by atoms with Crippen LogP contribution in [0.1, 0.15) is 37.2 Å². The van der Waals surface area contributed by atoms with Gasteiger partial charge in [0.1, 0.15) is 11.2 Å². The number of nitrogens with zero attached hydrogens (tertiary/aromatic N) is 5. The molecule has 2 N–H and O–H groups in total.